The molecule has 4 N–H and O–H groups in total. The molecule has 4 nitrogen and oxygen atoms in total. The molecule has 1 aliphatic carbocycles. The standard InChI is InChI=1S/C14H18F3N3O/c1-13(6-2-3-7-13)19-12(21)10-8-9(14(15,16)17)4-5-11(10)20-18/h4-5,8,20H,2-3,6-7,18H2,1H3,(H,19,21). The van der Waals surface area contributed by atoms with E-state index >= 15 is 0 Å². The van der Waals surface area contributed by atoms with E-state index in [4.69, 9.17) is 5.84 Å². The minimum absolute atomic E-state index is 0.0968. The van der Waals surface area contributed by atoms with Gasteiger partial charge in [0.15, 0.2) is 0 Å². The van der Waals surface area contributed by atoms with Crippen LogP contribution < -0.4 is 16.6 Å². The summed E-state index contributed by atoms with van der Waals surface area (Å²) in [5.41, 5.74) is 1.10. The lowest BCUT2D eigenvalue weighted by Gasteiger charge is -2.26. The second-order valence-electron chi connectivity index (χ2n) is 5.62. The van der Waals surface area contributed by atoms with Crippen molar-refractivity contribution in [1.82, 2.24) is 5.32 Å². The van der Waals surface area contributed by atoms with Gasteiger partial charge in [0.25, 0.3) is 5.91 Å². The van der Waals surface area contributed by atoms with Gasteiger partial charge < -0.3 is 10.7 Å². The molecule has 116 valence electrons. The minimum atomic E-state index is -4.50. The number of nitrogens with two attached hydrogens (primary N) is 1. The van der Waals surface area contributed by atoms with Crippen LogP contribution >= 0.6 is 0 Å². The van der Waals surface area contributed by atoms with E-state index in [1.54, 1.807) is 0 Å². The second kappa shape index (κ2) is 5.55. The summed E-state index contributed by atoms with van der Waals surface area (Å²) in [6.45, 7) is 1.90. The highest BCUT2D eigenvalue weighted by Gasteiger charge is 2.34. The van der Waals surface area contributed by atoms with Gasteiger partial charge in [-0.1, -0.05) is 12.8 Å². The molecule has 2 rings (SSSR count). The molecule has 1 aromatic rings. The van der Waals surface area contributed by atoms with Crippen LogP contribution in [0.2, 0.25) is 0 Å². The van der Waals surface area contributed by atoms with Crippen LogP contribution in [0.1, 0.15) is 48.5 Å². The van der Waals surface area contributed by atoms with E-state index in [0.717, 1.165) is 43.9 Å². The van der Waals surface area contributed by atoms with Crippen molar-refractivity contribution in [3.8, 4) is 0 Å². The molecular weight excluding hydrogens is 283 g/mol. The molecule has 21 heavy (non-hydrogen) atoms. The van der Waals surface area contributed by atoms with E-state index in [-0.39, 0.29) is 16.8 Å². The molecule has 0 unspecified atom stereocenters. The van der Waals surface area contributed by atoms with E-state index in [2.05, 4.69) is 10.7 Å². The van der Waals surface area contributed by atoms with Crippen molar-refractivity contribution in [2.24, 2.45) is 5.84 Å². The fourth-order valence-corrected chi connectivity index (χ4v) is 2.66. The number of hydrogen-bond donors (Lipinski definition) is 3. The summed E-state index contributed by atoms with van der Waals surface area (Å²) in [6.07, 6.45) is -0.853. The van der Waals surface area contributed by atoms with Gasteiger partial charge in [0, 0.05) is 5.54 Å². The number of carbonyl (C=O) groups is 1. The molecule has 1 aromatic carbocycles. The zero-order valence-corrected chi connectivity index (χ0v) is 11.7. The number of rotatable bonds is 3. The average molecular weight is 301 g/mol. The van der Waals surface area contributed by atoms with Gasteiger partial charge in [-0.05, 0) is 38.0 Å². The third-order valence-corrected chi connectivity index (χ3v) is 3.87. The smallest absolute Gasteiger partial charge is 0.347 e. The van der Waals surface area contributed by atoms with E-state index < -0.39 is 17.6 Å². The average Bonchev–Trinajstić information content (AvgIpc) is 2.83. The Morgan fingerprint density at radius 3 is 2.43 bits per heavy atom. The van der Waals surface area contributed by atoms with Crippen molar-refractivity contribution in [2.75, 3.05) is 5.43 Å². The highest BCUT2D eigenvalue weighted by Crippen LogP contribution is 2.33. The fraction of sp³-hybridized carbons (Fsp3) is 0.500. The lowest BCUT2D eigenvalue weighted by molar-refractivity contribution is -0.137. The van der Waals surface area contributed by atoms with Crippen molar-refractivity contribution in [2.45, 2.75) is 44.3 Å². The van der Waals surface area contributed by atoms with Gasteiger partial charge in [0.2, 0.25) is 0 Å². The van der Waals surface area contributed by atoms with Crippen LogP contribution in [-0.2, 0) is 6.18 Å². The van der Waals surface area contributed by atoms with Crippen LogP contribution in [0.15, 0.2) is 18.2 Å². The summed E-state index contributed by atoms with van der Waals surface area (Å²) in [5.74, 6) is 4.73. The Balaban J connectivity index is 2.30. The fourth-order valence-electron chi connectivity index (χ4n) is 2.66. The molecule has 0 aromatic heterocycles. The Labute approximate surface area is 120 Å². The van der Waals surface area contributed by atoms with Crippen molar-refractivity contribution < 1.29 is 18.0 Å². The molecular formula is C14H18F3N3O. The number of amides is 1. The van der Waals surface area contributed by atoms with Gasteiger partial charge >= 0.3 is 6.18 Å². The molecule has 1 aliphatic rings. The molecule has 0 saturated heterocycles. The van der Waals surface area contributed by atoms with Crippen LogP contribution in [0.25, 0.3) is 0 Å². The van der Waals surface area contributed by atoms with E-state index in [0.29, 0.717) is 0 Å². The highest BCUT2D eigenvalue weighted by molar-refractivity contribution is 6.00. The first kappa shape index (κ1) is 15.6. The number of carbonyl (C=O) groups excluding carboxylic acids is 1. The van der Waals surface area contributed by atoms with Crippen LogP contribution in [0.4, 0.5) is 18.9 Å². The third kappa shape index (κ3) is 3.47. The van der Waals surface area contributed by atoms with Crippen LogP contribution in [0.3, 0.4) is 0 Å². The number of hydrazine groups is 1. The van der Waals surface area contributed by atoms with Gasteiger partial charge in [-0.25, -0.2) is 0 Å². The summed E-state index contributed by atoms with van der Waals surface area (Å²) >= 11 is 0. The van der Waals surface area contributed by atoms with Crippen LogP contribution in [0.5, 0.6) is 0 Å². The summed E-state index contributed by atoms with van der Waals surface area (Å²) in [6, 6.07) is 2.88. The van der Waals surface area contributed by atoms with Crippen LogP contribution in [-0.4, -0.2) is 11.4 Å². The molecule has 7 heteroatoms. The SMILES string of the molecule is CC1(NC(=O)c2cc(C(F)(F)F)ccc2NN)CCCC1. The molecule has 0 atom stereocenters. The molecule has 0 spiro atoms. The number of halogens is 3. The largest absolute Gasteiger partial charge is 0.416 e. The van der Waals surface area contributed by atoms with E-state index in [1.165, 1.54) is 0 Å². The van der Waals surface area contributed by atoms with E-state index in [9.17, 15) is 18.0 Å². The summed E-state index contributed by atoms with van der Waals surface area (Å²) < 4.78 is 38.3. The number of nitrogen functional groups attached to an aromatic ring is 1. The Hall–Kier alpha value is -1.76. The maximum atomic E-state index is 12.8. The number of hydrogen-bond acceptors (Lipinski definition) is 3. The maximum absolute atomic E-state index is 12.8. The highest BCUT2D eigenvalue weighted by atomic mass is 19.4. The van der Waals surface area contributed by atoms with Crippen LogP contribution in [0, 0.1) is 0 Å². The summed E-state index contributed by atoms with van der Waals surface area (Å²) in [7, 11) is 0. The normalized spacial score (nSPS) is 17.6. The van der Waals surface area contributed by atoms with E-state index in [1.807, 2.05) is 6.92 Å². The van der Waals surface area contributed by atoms with Crippen molar-refractivity contribution >= 4 is 11.6 Å². The minimum Gasteiger partial charge on any atom is -0.347 e. The Bertz CT molecular complexity index is 537. The predicted molar refractivity (Wildman–Crippen MR) is 73.6 cm³/mol. The molecule has 0 bridgehead atoms. The lowest BCUT2D eigenvalue weighted by Crippen LogP contribution is -2.43. The number of nitrogens with one attached hydrogen (secondary N) is 2. The Morgan fingerprint density at radius 1 is 1.29 bits per heavy atom. The molecule has 1 amide bonds. The van der Waals surface area contributed by atoms with Gasteiger partial charge in [0.1, 0.15) is 0 Å². The Kier molecular flexibility index (Phi) is 4.13. The third-order valence-electron chi connectivity index (χ3n) is 3.87. The second-order valence-corrected chi connectivity index (χ2v) is 5.62. The van der Waals surface area contributed by atoms with Crippen molar-refractivity contribution in [1.29, 1.82) is 0 Å². The van der Waals surface area contributed by atoms with Crippen molar-refractivity contribution in [3.63, 3.8) is 0 Å². The predicted octanol–water partition coefficient (Wildman–Crippen LogP) is 3.05. The zero-order chi connectivity index (χ0) is 15.7. The Morgan fingerprint density at radius 2 is 1.90 bits per heavy atom. The molecule has 0 radical (unpaired) electrons. The monoisotopic (exact) mass is 301 g/mol. The quantitative estimate of drug-likeness (QED) is 0.594. The summed E-state index contributed by atoms with van der Waals surface area (Å²) in [5, 5.41) is 2.82. The first-order valence-electron chi connectivity index (χ1n) is 6.75. The maximum Gasteiger partial charge on any atom is 0.416 e. The van der Waals surface area contributed by atoms with Gasteiger partial charge in [-0.3, -0.25) is 10.6 Å². The molecule has 0 heterocycles. The molecule has 1 saturated carbocycles. The summed E-state index contributed by atoms with van der Waals surface area (Å²) in [4.78, 5) is 12.3. The van der Waals surface area contributed by atoms with Gasteiger partial charge in [0.05, 0.1) is 16.8 Å². The number of benzene rings is 1. The first-order valence-corrected chi connectivity index (χ1v) is 6.75. The van der Waals surface area contributed by atoms with Gasteiger partial charge in [-0.2, -0.15) is 13.2 Å². The molecule has 1 fully saturated rings. The molecule has 0 aliphatic heterocycles. The lowest BCUT2D eigenvalue weighted by atomic mass is 9.99. The van der Waals surface area contributed by atoms with Crippen molar-refractivity contribution in [3.05, 3.63) is 29.3 Å². The topological polar surface area (TPSA) is 67.2 Å². The number of anilines is 1. The van der Waals surface area contributed by atoms with Gasteiger partial charge in [-0.15, -0.1) is 0 Å². The zero-order valence-electron chi connectivity index (χ0n) is 11.7. The number of alkyl halides is 3. The first-order chi connectivity index (χ1) is 9.75.